The first-order chi connectivity index (χ1) is 10.5. The second-order valence-electron chi connectivity index (χ2n) is 6.05. The van der Waals surface area contributed by atoms with Crippen LogP contribution in [0.4, 0.5) is 0 Å². The number of benzene rings is 1. The van der Waals surface area contributed by atoms with Crippen LogP contribution in [0.25, 0.3) is 0 Å². The van der Waals surface area contributed by atoms with Crippen LogP contribution >= 0.6 is 35.6 Å². The van der Waals surface area contributed by atoms with Gasteiger partial charge in [0.15, 0.2) is 0 Å². The Morgan fingerprint density at radius 3 is 2.17 bits per heavy atom. The van der Waals surface area contributed by atoms with E-state index in [9.17, 15) is 8.42 Å². The SMILES string of the molecule is Cl.O=S(=O)(c1cc(Cl)cc(Cl)c1)N1CCC(C2CCCN2)CC1. The molecule has 1 aromatic rings. The molecule has 2 aliphatic rings. The highest BCUT2D eigenvalue weighted by atomic mass is 35.5. The normalized spacial score (nSPS) is 23.7. The van der Waals surface area contributed by atoms with Crippen LogP contribution in [0.2, 0.25) is 10.0 Å². The summed E-state index contributed by atoms with van der Waals surface area (Å²) in [6.07, 6.45) is 4.25. The van der Waals surface area contributed by atoms with Crippen LogP contribution in [0, 0.1) is 5.92 Å². The van der Waals surface area contributed by atoms with E-state index in [-0.39, 0.29) is 17.3 Å². The molecule has 0 aromatic heterocycles. The van der Waals surface area contributed by atoms with Crippen LogP contribution in [-0.4, -0.2) is 38.4 Å². The van der Waals surface area contributed by atoms with Gasteiger partial charge in [-0.25, -0.2) is 8.42 Å². The Kier molecular flexibility index (Phi) is 6.62. The number of sulfonamides is 1. The summed E-state index contributed by atoms with van der Waals surface area (Å²) in [5, 5.41) is 4.21. The van der Waals surface area contributed by atoms with Crippen molar-refractivity contribution < 1.29 is 8.42 Å². The Bertz CT molecular complexity index is 620. The lowest BCUT2D eigenvalue weighted by Crippen LogP contribution is -2.43. The molecule has 2 fully saturated rings. The molecule has 1 atom stereocenters. The zero-order chi connectivity index (χ0) is 15.7. The van der Waals surface area contributed by atoms with Gasteiger partial charge in [0.1, 0.15) is 0 Å². The predicted octanol–water partition coefficient (Wildman–Crippen LogP) is 3.57. The molecule has 0 bridgehead atoms. The minimum Gasteiger partial charge on any atom is -0.314 e. The first kappa shape index (κ1) is 19.3. The van der Waals surface area contributed by atoms with Gasteiger partial charge in [-0.2, -0.15) is 4.31 Å². The molecule has 1 aromatic carbocycles. The molecule has 0 saturated carbocycles. The molecular formula is C15H21Cl3N2O2S. The summed E-state index contributed by atoms with van der Waals surface area (Å²) in [6, 6.07) is 5.03. The highest BCUT2D eigenvalue weighted by Crippen LogP contribution is 2.30. The molecule has 130 valence electrons. The second-order valence-corrected chi connectivity index (χ2v) is 8.86. The number of hydrogen-bond donors (Lipinski definition) is 1. The highest BCUT2D eigenvalue weighted by molar-refractivity contribution is 7.89. The number of hydrogen-bond acceptors (Lipinski definition) is 3. The molecule has 0 aliphatic carbocycles. The fourth-order valence-electron chi connectivity index (χ4n) is 3.46. The Labute approximate surface area is 154 Å². The average Bonchev–Trinajstić information content (AvgIpc) is 3.00. The molecule has 0 radical (unpaired) electrons. The maximum Gasteiger partial charge on any atom is 0.243 e. The van der Waals surface area contributed by atoms with Crippen LogP contribution in [0.15, 0.2) is 23.1 Å². The van der Waals surface area contributed by atoms with Crippen molar-refractivity contribution in [1.29, 1.82) is 0 Å². The zero-order valence-electron chi connectivity index (χ0n) is 12.7. The molecule has 2 saturated heterocycles. The molecule has 0 spiro atoms. The van der Waals surface area contributed by atoms with Crippen molar-refractivity contribution in [1.82, 2.24) is 9.62 Å². The first-order valence-electron chi connectivity index (χ1n) is 7.66. The largest absolute Gasteiger partial charge is 0.314 e. The molecule has 2 aliphatic heterocycles. The Morgan fingerprint density at radius 2 is 1.65 bits per heavy atom. The van der Waals surface area contributed by atoms with Gasteiger partial charge in [0.2, 0.25) is 10.0 Å². The molecule has 8 heteroatoms. The molecule has 0 amide bonds. The van der Waals surface area contributed by atoms with Gasteiger partial charge >= 0.3 is 0 Å². The maximum absolute atomic E-state index is 12.7. The van der Waals surface area contributed by atoms with E-state index in [1.165, 1.54) is 25.0 Å². The molecule has 2 heterocycles. The standard InChI is InChI=1S/C15H20Cl2N2O2S.ClH/c16-12-8-13(17)10-14(9-12)22(20,21)19-6-3-11(4-7-19)15-2-1-5-18-15;/h8-11,15,18H,1-7H2;1H. The monoisotopic (exact) mass is 398 g/mol. The van der Waals surface area contributed by atoms with Crippen molar-refractivity contribution in [2.75, 3.05) is 19.6 Å². The van der Waals surface area contributed by atoms with Crippen molar-refractivity contribution in [3.05, 3.63) is 28.2 Å². The van der Waals surface area contributed by atoms with E-state index in [2.05, 4.69) is 5.32 Å². The van der Waals surface area contributed by atoms with Gasteiger partial charge in [-0.3, -0.25) is 0 Å². The summed E-state index contributed by atoms with van der Waals surface area (Å²) in [5.74, 6) is 0.580. The number of halogens is 3. The quantitative estimate of drug-likeness (QED) is 0.845. The van der Waals surface area contributed by atoms with Crippen molar-refractivity contribution in [3.63, 3.8) is 0 Å². The molecule has 1 N–H and O–H groups in total. The number of piperidine rings is 1. The fourth-order valence-corrected chi connectivity index (χ4v) is 5.66. The Hall–Kier alpha value is -0.0400. The molecular weight excluding hydrogens is 379 g/mol. The smallest absolute Gasteiger partial charge is 0.243 e. The van der Waals surface area contributed by atoms with Gasteiger partial charge < -0.3 is 5.32 Å². The summed E-state index contributed by atoms with van der Waals surface area (Å²) < 4.78 is 27.0. The van der Waals surface area contributed by atoms with Crippen molar-refractivity contribution in [2.24, 2.45) is 5.92 Å². The summed E-state index contributed by atoms with van der Waals surface area (Å²) >= 11 is 11.9. The Balaban J connectivity index is 0.00000192. The minimum absolute atomic E-state index is 0. The van der Waals surface area contributed by atoms with Gasteiger partial charge in [0.05, 0.1) is 4.90 Å². The Morgan fingerprint density at radius 1 is 1.04 bits per heavy atom. The van der Waals surface area contributed by atoms with Gasteiger partial charge in [0, 0.05) is 29.2 Å². The molecule has 4 nitrogen and oxygen atoms in total. The van der Waals surface area contributed by atoms with Gasteiger partial charge in [-0.05, 0) is 56.3 Å². The predicted molar refractivity (Wildman–Crippen MR) is 96.2 cm³/mol. The summed E-state index contributed by atoms with van der Waals surface area (Å²) in [6.45, 7) is 2.22. The van der Waals surface area contributed by atoms with E-state index >= 15 is 0 Å². The van der Waals surface area contributed by atoms with Crippen molar-refractivity contribution >= 4 is 45.6 Å². The third-order valence-electron chi connectivity index (χ3n) is 4.64. The van der Waals surface area contributed by atoms with Crippen LogP contribution in [0.5, 0.6) is 0 Å². The van der Waals surface area contributed by atoms with Crippen LogP contribution < -0.4 is 5.32 Å². The van der Waals surface area contributed by atoms with Gasteiger partial charge in [-0.15, -0.1) is 12.4 Å². The third kappa shape index (κ3) is 4.33. The number of rotatable bonds is 3. The van der Waals surface area contributed by atoms with E-state index < -0.39 is 10.0 Å². The summed E-state index contributed by atoms with van der Waals surface area (Å²) in [5.41, 5.74) is 0. The maximum atomic E-state index is 12.7. The topological polar surface area (TPSA) is 49.4 Å². The summed E-state index contributed by atoms with van der Waals surface area (Å²) in [7, 11) is -3.51. The lowest BCUT2D eigenvalue weighted by molar-refractivity contribution is 0.234. The lowest BCUT2D eigenvalue weighted by Gasteiger charge is -2.34. The van der Waals surface area contributed by atoms with E-state index in [0.29, 0.717) is 35.1 Å². The van der Waals surface area contributed by atoms with E-state index in [1.807, 2.05) is 0 Å². The van der Waals surface area contributed by atoms with Crippen molar-refractivity contribution in [2.45, 2.75) is 36.6 Å². The fraction of sp³-hybridized carbons (Fsp3) is 0.600. The lowest BCUT2D eigenvalue weighted by atomic mass is 9.89. The molecule has 23 heavy (non-hydrogen) atoms. The van der Waals surface area contributed by atoms with Crippen LogP contribution in [0.1, 0.15) is 25.7 Å². The second kappa shape index (κ2) is 7.89. The van der Waals surface area contributed by atoms with E-state index in [1.54, 1.807) is 10.4 Å². The zero-order valence-corrected chi connectivity index (χ0v) is 15.8. The highest BCUT2D eigenvalue weighted by Gasteiger charge is 2.33. The first-order valence-corrected chi connectivity index (χ1v) is 9.86. The van der Waals surface area contributed by atoms with Gasteiger partial charge in [0.25, 0.3) is 0 Å². The van der Waals surface area contributed by atoms with Crippen LogP contribution in [0.3, 0.4) is 0 Å². The molecule has 1 unspecified atom stereocenters. The molecule has 3 rings (SSSR count). The average molecular weight is 400 g/mol. The summed E-state index contributed by atoms with van der Waals surface area (Å²) in [4.78, 5) is 0.183. The van der Waals surface area contributed by atoms with Crippen LogP contribution in [-0.2, 0) is 10.0 Å². The van der Waals surface area contributed by atoms with Crippen molar-refractivity contribution in [3.8, 4) is 0 Å². The van der Waals surface area contributed by atoms with E-state index in [4.69, 9.17) is 23.2 Å². The number of nitrogens with zero attached hydrogens (tertiary/aromatic N) is 1. The minimum atomic E-state index is -3.51. The van der Waals surface area contributed by atoms with Gasteiger partial charge in [-0.1, -0.05) is 23.2 Å². The third-order valence-corrected chi connectivity index (χ3v) is 6.95. The van der Waals surface area contributed by atoms with E-state index in [0.717, 1.165) is 19.4 Å². The number of nitrogens with one attached hydrogen (secondary N) is 1.